The van der Waals surface area contributed by atoms with Crippen molar-refractivity contribution < 1.29 is 0 Å². The maximum atomic E-state index is 4.50. The van der Waals surface area contributed by atoms with Crippen LogP contribution in [0.15, 0.2) is 61.1 Å². The van der Waals surface area contributed by atoms with Gasteiger partial charge in [-0.1, -0.05) is 42.5 Å². The molecule has 178 valence electrons. The van der Waals surface area contributed by atoms with Gasteiger partial charge in [0.1, 0.15) is 12.0 Å². The minimum Gasteiger partial charge on any atom is -0.329 e. The van der Waals surface area contributed by atoms with Crippen molar-refractivity contribution in [3.63, 3.8) is 0 Å². The molecule has 1 aliphatic carbocycles. The van der Waals surface area contributed by atoms with E-state index in [1.54, 1.807) is 6.33 Å². The number of nitrogens with zero attached hydrogens (tertiary/aromatic N) is 4. The molecule has 2 aromatic carbocycles. The number of hydrogen-bond donors (Lipinski definition) is 1. The quantitative estimate of drug-likeness (QED) is 0.424. The van der Waals surface area contributed by atoms with Crippen LogP contribution in [0.1, 0.15) is 43.0 Å². The third-order valence-corrected chi connectivity index (χ3v) is 7.56. The molecule has 0 amide bonds. The zero-order chi connectivity index (χ0) is 23.3. The third kappa shape index (κ3) is 5.16. The first-order valence-corrected chi connectivity index (χ1v) is 12.8. The molecule has 1 saturated heterocycles. The van der Waals surface area contributed by atoms with Crippen LogP contribution in [0.5, 0.6) is 0 Å². The minimum absolute atomic E-state index is 0.632. The summed E-state index contributed by atoms with van der Waals surface area (Å²) in [5.41, 5.74) is 3.61. The summed E-state index contributed by atoms with van der Waals surface area (Å²) in [6.45, 7) is 7.05. The van der Waals surface area contributed by atoms with E-state index in [2.05, 4.69) is 86.4 Å². The molecule has 0 spiro atoms. The highest BCUT2D eigenvalue weighted by molar-refractivity contribution is 5.83. The zero-order valence-corrected chi connectivity index (χ0v) is 20.6. The lowest BCUT2D eigenvalue weighted by molar-refractivity contribution is 0.152. The van der Waals surface area contributed by atoms with Crippen LogP contribution in [0.2, 0.25) is 0 Å². The summed E-state index contributed by atoms with van der Waals surface area (Å²) in [4.78, 5) is 11.4. The van der Waals surface area contributed by atoms with Gasteiger partial charge in [0.25, 0.3) is 0 Å². The second kappa shape index (κ2) is 10.7. The molecule has 0 bridgehead atoms. The van der Waals surface area contributed by atoms with Gasteiger partial charge in [0, 0.05) is 24.2 Å². The number of fused-ring (bicyclic) bond motifs is 2. The largest absolute Gasteiger partial charge is 0.329 e. The Morgan fingerprint density at radius 3 is 2.65 bits per heavy atom. The fourth-order valence-electron chi connectivity index (χ4n) is 5.45. The minimum atomic E-state index is 0.632. The highest BCUT2D eigenvalue weighted by Crippen LogP contribution is 2.37. The van der Waals surface area contributed by atoms with E-state index in [1.165, 1.54) is 67.0 Å². The van der Waals surface area contributed by atoms with Crippen LogP contribution in [0.25, 0.3) is 21.8 Å². The molecular formula is C29H37N5. The van der Waals surface area contributed by atoms with Crippen molar-refractivity contribution in [3.05, 3.63) is 72.3 Å². The van der Waals surface area contributed by atoms with Crippen LogP contribution in [0.3, 0.4) is 0 Å². The van der Waals surface area contributed by atoms with E-state index in [0.29, 0.717) is 6.04 Å². The van der Waals surface area contributed by atoms with Crippen LogP contribution in [0, 0.1) is 12.8 Å². The van der Waals surface area contributed by atoms with E-state index in [-0.39, 0.29) is 0 Å². The van der Waals surface area contributed by atoms with E-state index in [1.807, 2.05) is 7.05 Å². The van der Waals surface area contributed by atoms with Gasteiger partial charge in [0.15, 0.2) is 0 Å². The fraction of sp³-hybridized carbons (Fsp3) is 0.448. The van der Waals surface area contributed by atoms with Crippen molar-refractivity contribution >= 4 is 21.8 Å². The topological polar surface area (TPSA) is 46.0 Å². The lowest BCUT2D eigenvalue weighted by atomic mass is 10.1. The molecule has 1 aliphatic heterocycles. The maximum absolute atomic E-state index is 4.50. The van der Waals surface area contributed by atoms with Crippen LogP contribution in [0.4, 0.5) is 0 Å². The Morgan fingerprint density at radius 1 is 1.00 bits per heavy atom. The second-order valence-corrected chi connectivity index (χ2v) is 9.94. The molecule has 2 atom stereocenters. The summed E-state index contributed by atoms with van der Waals surface area (Å²) in [6.07, 6.45) is 10.4. The smallest absolute Gasteiger partial charge is 0.143 e. The highest BCUT2D eigenvalue weighted by Gasteiger charge is 2.29. The molecule has 6 rings (SSSR count). The first-order chi connectivity index (χ1) is 16.7. The Labute approximate surface area is 203 Å². The van der Waals surface area contributed by atoms with Gasteiger partial charge in [-0.05, 0) is 94.0 Å². The first-order valence-electron chi connectivity index (χ1n) is 12.8. The van der Waals surface area contributed by atoms with Crippen LogP contribution < -0.4 is 5.32 Å². The zero-order valence-electron chi connectivity index (χ0n) is 20.6. The summed E-state index contributed by atoms with van der Waals surface area (Å²) >= 11 is 0. The van der Waals surface area contributed by atoms with E-state index >= 15 is 0 Å². The molecule has 2 unspecified atom stereocenters. The van der Waals surface area contributed by atoms with Crippen LogP contribution in [-0.2, 0) is 6.42 Å². The van der Waals surface area contributed by atoms with Crippen molar-refractivity contribution in [1.29, 1.82) is 0 Å². The number of likely N-dealkylation sites (N-methyl/N-ethyl adjacent to an activating group) is 1. The molecule has 34 heavy (non-hydrogen) atoms. The molecule has 3 heterocycles. The summed E-state index contributed by atoms with van der Waals surface area (Å²) in [7, 11) is 1.99. The first kappa shape index (κ1) is 23.0. The van der Waals surface area contributed by atoms with E-state index in [0.717, 1.165) is 30.2 Å². The predicted molar refractivity (Wildman–Crippen MR) is 141 cm³/mol. The van der Waals surface area contributed by atoms with E-state index < -0.39 is 0 Å². The van der Waals surface area contributed by atoms with Gasteiger partial charge < -0.3 is 14.8 Å². The normalized spacial score (nSPS) is 20.3. The van der Waals surface area contributed by atoms with E-state index in [9.17, 15) is 0 Å². The van der Waals surface area contributed by atoms with Gasteiger partial charge >= 0.3 is 0 Å². The average Bonchev–Trinajstić information content (AvgIpc) is 3.48. The number of rotatable bonds is 6. The van der Waals surface area contributed by atoms with Crippen LogP contribution in [-0.4, -0.2) is 52.7 Å². The molecule has 2 aromatic heterocycles. The Hall–Kier alpha value is -2.76. The Kier molecular flexibility index (Phi) is 7.21. The molecular weight excluding hydrogens is 418 g/mol. The molecule has 1 N–H and O–H groups in total. The SMILES string of the molecule is CNCCc1ccc2ccccc2c1.Cc1ncnc2c1ccn2C1CCC(CN2CCC2)C1. The number of likely N-dealkylation sites (tertiary alicyclic amines) is 1. The Balaban J connectivity index is 0.000000152. The van der Waals surface area contributed by atoms with Crippen molar-refractivity contribution in [2.75, 3.05) is 33.2 Å². The van der Waals surface area contributed by atoms with Gasteiger partial charge in [-0.25, -0.2) is 9.97 Å². The van der Waals surface area contributed by atoms with Gasteiger partial charge in [0.2, 0.25) is 0 Å². The molecule has 1 saturated carbocycles. The molecule has 2 aliphatic rings. The van der Waals surface area contributed by atoms with Crippen molar-refractivity contribution in [3.8, 4) is 0 Å². The Morgan fingerprint density at radius 2 is 1.85 bits per heavy atom. The van der Waals surface area contributed by atoms with Gasteiger partial charge in [-0.15, -0.1) is 0 Å². The number of aromatic nitrogens is 3. The fourth-order valence-corrected chi connectivity index (χ4v) is 5.45. The van der Waals surface area contributed by atoms with Gasteiger partial charge in [-0.3, -0.25) is 0 Å². The van der Waals surface area contributed by atoms with E-state index in [4.69, 9.17) is 0 Å². The van der Waals surface area contributed by atoms with Crippen LogP contribution >= 0.6 is 0 Å². The number of nitrogens with one attached hydrogen (secondary N) is 1. The Bertz CT molecular complexity index is 1230. The molecule has 5 heteroatoms. The lowest BCUT2D eigenvalue weighted by Gasteiger charge is -2.33. The molecule has 5 nitrogen and oxygen atoms in total. The third-order valence-electron chi connectivity index (χ3n) is 7.56. The lowest BCUT2D eigenvalue weighted by Crippen LogP contribution is -2.40. The van der Waals surface area contributed by atoms with Gasteiger partial charge in [0.05, 0.1) is 5.69 Å². The van der Waals surface area contributed by atoms with Gasteiger partial charge in [-0.2, -0.15) is 0 Å². The molecule has 2 fully saturated rings. The summed E-state index contributed by atoms with van der Waals surface area (Å²) in [5.74, 6) is 0.876. The number of aryl methyl sites for hydroxylation is 1. The van der Waals surface area contributed by atoms with Crippen molar-refractivity contribution in [2.45, 2.75) is 45.1 Å². The highest BCUT2D eigenvalue weighted by atomic mass is 15.2. The number of hydrogen-bond acceptors (Lipinski definition) is 4. The monoisotopic (exact) mass is 455 g/mol. The van der Waals surface area contributed by atoms with Crippen molar-refractivity contribution in [2.24, 2.45) is 5.92 Å². The average molecular weight is 456 g/mol. The summed E-state index contributed by atoms with van der Waals surface area (Å²) in [5, 5.41) is 7.03. The summed E-state index contributed by atoms with van der Waals surface area (Å²) in [6, 6.07) is 18.0. The molecule has 0 radical (unpaired) electrons. The maximum Gasteiger partial charge on any atom is 0.143 e. The summed E-state index contributed by atoms with van der Waals surface area (Å²) < 4.78 is 2.39. The predicted octanol–water partition coefficient (Wildman–Crippen LogP) is 5.39. The molecule has 4 aromatic rings. The standard InChI is InChI=1S/C16H22N4.C13H15N/c1-12-15-5-8-20(16(15)18-11-17-12)14-4-3-13(9-14)10-19-6-2-7-19;1-14-9-8-11-6-7-12-4-2-3-5-13(12)10-11/h5,8,11,13-14H,2-4,6-7,9-10H2,1H3;2-7,10,14H,8-9H2,1H3. The number of benzene rings is 2. The van der Waals surface area contributed by atoms with Crippen molar-refractivity contribution in [1.82, 2.24) is 24.8 Å². The second-order valence-electron chi connectivity index (χ2n) is 9.94.